The standard InChI is InChI=1S/C12H16BrN3/c1-6-10(13)11(14)16-12(15-6)9-5-7-2-3-8(9)4-7/h7-9H,2-5H2,1H3,(H2,14,15,16). The summed E-state index contributed by atoms with van der Waals surface area (Å²) in [5.74, 6) is 3.86. The topological polar surface area (TPSA) is 51.8 Å². The van der Waals surface area contributed by atoms with E-state index in [1.165, 1.54) is 25.7 Å². The number of halogens is 1. The van der Waals surface area contributed by atoms with Crippen LogP contribution >= 0.6 is 15.9 Å². The fourth-order valence-electron chi connectivity index (χ4n) is 3.33. The first-order valence-electron chi connectivity index (χ1n) is 5.94. The highest BCUT2D eigenvalue weighted by Crippen LogP contribution is 2.52. The van der Waals surface area contributed by atoms with Gasteiger partial charge >= 0.3 is 0 Å². The van der Waals surface area contributed by atoms with Crippen LogP contribution in [-0.2, 0) is 0 Å². The summed E-state index contributed by atoms with van der Waals surface area (Å²) in [6.45, 7) is 1.98. The average molecular weight is 282 g/mol. The second-order valence-corrected chi connectivity index (χ2v) is 5.94. The van der Waals surface area contributed by atoms with Crippen molar-refractivity contribution >= 4 is 21.7 Å². The Morgan fingerprint density at radius 3 is 2.62 bits per heavy atom. The van der Waals surface area contributed by atoms with Gasteiger partial charge in [-0.25, -0.2) is 9.97 Å². The number of hydrogen-bond donors (Lipinski definition) is 1. The van der Waals surface area contributed by atoms with E-state index >= 15 is 0 Å². The number of aryl methyl sites for hydroxylation is 1. The molecule has 2 saturated carbocycles. The van der Waals surface area contributed by atoms with E-state index in [0.717, 1.165) is 27.8 Å². The summed E-state index contributed by atoms with van der Waals surface area (Å²) in [6.07, 6.45) is 5.41. The molecule has 3 unspecified atom stereocenters. The summed E-state index contributed by atoms with van der Waals surface area (Å²) >= 11 is 3.41. The van der Waals surface area contributed by atoms with Crippen LogP contribution < -0.4 is 5.73 Å². The molecule has 16 heavy (non-hydrogen) atoms. The Hall–Kier alpha value is -0.640. The van der Waals surface area contributed by atoms with E-state index in [2.05, 4.69) is 25.9 Å². The van der Waals surface area contributed by atoms with Gasteiger partial charge in [0.05, 0.1) is 10.2 Å². The van der Waals surface area contributed by atoms with E-state index in [1.807, 2.05) is 6.92 Å². The first kappa shape index (κ1) is 10.5. The van der Waals surface area contributed by atoms with Crippen LogP contribution in [-0.4, -0.2) is 9.97 Å². The molecule has 1 aromatic heterocycles. The number of rotatable bonds is 1. The fourth-order valence-corrected chi connectivity index (χ4v) is 3.51. The van der Waals surface area contributed by atoms with Crippen LogP contribution in [0.4, 0.5) is 5.82 Å². The minimum absolute atomic E-state index is 0.563. The highest BCUT2D eigenvalue weighted by molar-refractivity contribution is 9.10. The molecular weight excluding hydrogens is 266 g/mol. The lowest BCUT2D eigenvalue weighted by Gasteiger charge is -2.20. The predicted octanol–water partition coefficient (Wildman–Crippen LogP) is 3.03. The SMILES string of the molecule is Cc1nc(C2CC3CCC2C3)nc(N)c1Br. The molecule has 2 aliphatic carbocycles. The van der Waals surface area contributed by atoms with Crippen LogP contribution in [0.5, 0.6) is 0 Å². The molecule has 3 nitrogen and oxygen atoms in total. The maximum Gasteiger partial charge on any atom is 0.141 e. The van der Waals surface area contributed by atoms with Crippen molar-refractivity contribution in [3.8, 4) is 0 Å². The van der Waals surface area contributed by atoms with Gasteiger partial charge in [-0.1, -0.05) is 6.42 Å². The molecule has 2 bridgehead atoms. The zero-order valence-electron chi connectivity index (χ0n) is 9.41. The molecule has 0 aromatic carbocycles. The summed E-state index contributed by atoms with van der Waals surface area (Å²) in [5.41, 5.74) is 6.85. The van der Waals surface area contributed by atoms with E-state index in [1.54, 1.807) is 0 Å². The Morgan fingerprint density at radius 1 is 1.25 bits per heavy atom. The number of anilines is 1. The maximum absolute atomic E-state index is 5.89. The summed E-state index contributed by atoms with van der Waals surface area (Å²) in [6, 6.07) is 0. The lowest BCUT2D eigenvalue weighted by atomic mass is 9.88. The highest BCUT2D eigenvalue weighted by Gasteiger charge is 2.41. The zero-order chi connectivity index (χ0) is 11.3. The molecule has 3 atom stereocenters. The second kappa shape index (κ2) is 3.69. The van der Waals surface area contributed by atoms with Gasteiger partial charge in [-0.15, -0.1) is 0 Å². The lowest BCUT2D eigenvalue weighted by Crippen LogP contribution is -2.14. The van der Waals surface area contributed by atoms with Gasteiger partial charge < -0.3 is 5.73 Å². The summed E-state index contributed by atoms with van der Waals surface area (Å²) in [4.78, 5) is 9.05. The van der Waals surface area contributed by atoms with E-state index in [4.69, 9.17) is 5.73 Å². The van der Waals surface area contributed by atoms with Gasteiger partial charge in [0.1, 0.15) is 11.6 Å². The fraction of sp³-hybridized carbons (Fsp3) is 0.667. The van der Waals surface area contributed by atoms with Crippen LogP contribution in [0.15, 0.2) is 4.47 Å². The van der Waals surface area contributed by atoms with Gasteiger partial charge in [0, 0.05) is 5.92 Å². The monoisotopic (exact) mass is 281 g/mol. The minimum Gasteiger partial charge on any atom is -0.383 e. The van der Waals surface area contributed by atoms with Crippen molar-refractivity contribution in [3.05, 3.63) is 16.0 Å². The first-order valence-corrected chi connectivity index (χ1v) is 6.74. The van der Waals surface area contributed by atoms with Crippen molar-refractivity contribution in [3.63, 3.8) is 0 Å². The van der Waals surface area contributed by atoms with Crippen molar-refractivity contribution in [2.45, 2.75) is 38.5 Å². The number of nitrogen functional groups attached to an aromatic ring is 1. The molecule has 0 aliphatic heterocycles. The number of nitrogens with two attached hydrogens (primary N) is 1. The van der Waals surface area contributed by atoms with Gasteiger partial charge in [-0.05, 0) is 54.0 Å². The Balaban J connectivity index is 1.95. The molecule has 4 heteroatoms. The van der Waals surface area contributed by atoms with Crippen molar-refractivity contribution in [2.75, 3.05) is 5.73 Å². The molecule has 2 aliphatic rings. The molecule has 1 heterocycles. The summed E-state index contributed by atoms with van der Waals surface area (Å²) < 4.78 is 0.847. The highest BCUT2D eigenvalue weighted by atomic mass is 79.9. The minimum atomic E-state index is 0.563. The Morgan fingerprint density at radius 2 is 2.06 bits per heavy atom. The molecule has 1 aromatic rings. The van der Waals surface area contributed by atoms with Crippen LogP contribution in [0.25, 0.3) is 0 Å². The molecule has 3 rings (SSSR count). The largest absolute Gasteiger partial charge is 0.383 e. The maximum atomic E-state index is 5.89. The van der Waals surface area contributed by atoms with E-state index in [0.29, 0.717) is 11.7 Å². The second-order valence-electron chi connectivity index (χ2n) is 5.15. The Bertz CT molecular complexity index is 409. The number of hydrogen-bond acceptors (Lipinski definition) is 3. The molecule has 0 spiro atoms. The van der Waals surface area contributed by atoms with Gasteiger partial charge in [0.2, 0.25) is 0 Å². The van der Waals surface area contributed by atoms with Crippen molar-refractivity contribution in [1.29, 1.82) is 0 Å². The van der Waals surface area contributed by atoms with E-state index in [9.17, 15) is 0 Å². The van der Waals surface area contributed by atoms with Crippen molar-refractivity contribution in [1.82, 2.24) is 9.97 Å². The third kappa shape index (κ3) is 1.54. The van der Waals surface area contributed by atoms with Crippen LogP contribution in [0.3, 0.4) is 0 Å². The van der Waals surface area contributed by atoms with Crippen LogP contribution in [0.2, 0.25) is 0 Å². The summed E-state index contributed by atoms with van der Waals surface area (Å²) in [7, 11) is 0. The van der Waals surface area contributed by atoms with Crippen molar-refractivity contribution in [2.24, 2.45) is 11.8 Å². The molecule has 0 amide bonds. The normalized spacial score (nSPS) is 32.2. The average Bonchev–Trinajstić information content (AvgIpc) is 2.86. The molecule has 2 N–H and O–H groups in total. The van der Waals surface area contributed by atoms with Gasteiger partial charge in [-0.3, -0.25) is 0 Å². The third-order valence-corrected chi connectivity index (χ3v) is 5.11. The Kier molecular flexibility index (Phi) is 2.42. The summed E-state index contributed by atoms with van der Waals surface area (Å²) in [5, 5.41) is 0. The molecule has 86 valence electrons. The van der Waals surface area contributed by atoms with Gasteiger partial charge in [0.15, 0.2) is 0 Å². The van der Waals surface area contributed by atoms with Gasteiger partial charge in [-0.2, -0.15) is 0 Å². The van der Waals surface area contributed by atoms with Crippen LogP contribution in [0, 0.1) is 18.8 Å². The van der Waals surface area contributed by atoms with Gasteiger partial charge in [0.25, 0.3) is 0 Å². The number of fused-ring (bicyclic) bond motifs is 2. The molecular formula is C12H16BrN3. The quantitative estimate of drug-likeness (QED) is 0.861. The van der Waals surface area contributed by atoms with Crippen molar-refractivity contribution < 1.29 is 0 Å². The van der Waals surface area contributed by atoms with Crippen LogP contribution in [0.1, 0.15) is 43.1 Å². The third-order valence-electron chi connectivity index (χ3n) is 4.13. The predicted molar refractivity (Wildman–Crippen MR) is 67.1 cm³/mol. The smallest absolute Gasteiger partial charge is 0.141 e. The molecule has 0 saturated heterocycles. The number of nitrogens with zero attached hydrogens (tertiary/aromatic N) is 2. The zero-order valence-corrected chi connectivity index (χ0v) is 11.0. The number of aromatic nitrogens is 2. The lowest BCUT2D eigenvalue weighted by molar-refractivity contribution is 0.405. The van der Waals surface area contributed by atoms with E-state index < -0.39 is 0 Å². The molecule has 0 radical (unpaired) electrons. The Labute approximate surface area is 104 Å². The molecule has 2 fully saturated rings. The van der Waals surface area contributed by atoms with E-state index in [-0.39, 0.29) is 0 Å². The first-order chi connectivity index (χ1) is 7.65.